The van der Waals surface area contributed by atoms with Gasteiger partial charge in [-0.15, -0.1) is 0 Å². The van der Waals surface area contributed by atoms with Crippen LogP contribution >= 0.6 is 0 Å². The van der Waals surface area contributed by atoms with Gasteiger partial charge in [-0.1, -0.05) is 53.7 Å². The van der Waals surface area contributed by atoms with Crippen LogP contribution in [0.3, 0.4) is 0 Å². The van der Waals surface area contributed by atoms with Gasteiger partial charge in [-0.05, 0) is 71.6 Å². The molecule has 3 N–H and O–H groups in total. The number of carbonyl (C=O) groups is 2. The SMILES string of the molecule is CC(O)C1CC=CCCC(O)C(C)(C)C2CCC(C)C3(O2)O[B-]24OC(C(=O)O1)C1(OC(CCC1C)C(C)(C)C(O)CCCC1CC(OC(=O)C3O2)C(C)O1)O4. The molecule has 7 aliphatic rings. The summed E-state index contributed by atoms with van der Waals surface area (Å²) in [6, 6.07) is 0. The van der Waals surface area contributed by atoms with Gasteiger partial charge in [0.05, 0.1) is 42.7 Å². The Morgan fingerprint density at radius 2 is 1.29 bits per heavy atom. The quantitative estimate of drug-likeness (QED) is 0.194. The van der Waals surface area contributed by atoms with E-state index < -0.39 is 114 Å². The molecule has 0 aromatic carbocycles. The smallest absolute Gasteiger partial charge is 0.504 e. The number of rotatable bonds is 1. The molecule has 0 aromatic rings. The van der Waals surface area contributed by atoms with E-state index in [1.807, 2.05) is 60.6 Å². The maximum absolute atomic E-state index is 14.6. The Bertz CT molecular complexity index is 1460. The number of aliphatic hydroxyl groups excluding tert-OH is 3. The summed E-state index contributed by atoms with van der Waals surface area (Å²) in [5.41, 5.74) is -1.59. The Morgan fingerprint density at radius 1 is 0.745 bits per heavy atom. The molecule has 0 saturated carbocycles. The van der Waals surface area contributed by atoms with Crippen LogP contribution in [0.15, 0.2) is 12.2 Å². The molecule has 7 aliphatic heterocycles. The minimum absolute atomic E-state index is 0.169. The lowest BCUT2D eigenvalue weighted by Crippen LogP contribution is -2.61. The molecule has 0 amide bonds. The van der Waals surface area contributed by atoms with Gasteiger partial charge >= 0.3 is 18.9 Å². The predicted molar refractivity (Wildman–Crippen MR) is 196 cm³/mol. The Morgan fingerprint density at radius 3 is 1.85 bits per heavy atom. The minimum atomic E-state index is -3.46. The van der Waals surface area contributed by atoms with E-state index in [0.29, 0.717) is 64.2 Å². The topological polar surface area (TPSA) is 178 Å². The second-order valence-corrected chi connectivity index (χ2v) is 18.7. The van der Waals surface area contributed by atoms with E-state index in [1.165, 1.54) is 0 Å². The van der Waals surface area contributed by atoms with Crippen molar-refractivity contribution in [3.05, 3.63) is 12.2 Å². The Kier molecular flexibility index (Phi) is 11.5. The summed E-state index contributed by atoms with van der Waals surface area (Å²) in [5, 5.41) is 34.1. The fraction of sp³-hybridized carbons (Fsp3) is 0.900. The largest absolute Gasteiger partial charge is 0.536 e. The number of aliphatic hydroxyl groups is 3. The normalized spacial score (nSPS) is 49.5. The molecule has 7 heterocycles. The number of fused-ring (bicyclic) bond motifs is 6. The van der Waals surface area contributed by atoms with Crippen molar-refractivity contribution in [1.82, 2.24) is 0 Å². The Labute approximate surface area is 325 Å². The summed E-state index contributed by atoms with van der Waals surface area (Å²) < 4.78 is 59.4. The Balaban J connectivity index is 1.38. The van der Waals surface area contributed by atoms with Crippen LogP contribution in [0.1, 0.15) is 126 Å². The first-order chi connectivity index (χ1) is 25.8. The first-order valence-corrected chi connectivity index (χ1v) is 20.8. The zero-order chi connectivity index (χ0) is 39.7. The third-order valence-electron chi connectivity index (χ3n) is 14.2. The van der Waals surface area contributed by atoms with Gasteiger partial charge in [0.15, 0.2) is 23.8 Å². The van der Waals surface area contributed by atoms with E-state index in [9.17, 15) is 24.9 Å². The monoisotopic (exact) mass is 779 g/mol. The molecule has 15 heteroatoms. The maximum atomic E-state index is 14.6. The highest BCUT2D eigenvalue weighted by molar-refractivity contribution is 6.56. The standard InChI is InChI=1S/C40H64BO14/c1-22-18-20-32-38(7,8)30(44)16-12-13-26-21-28(25(4)47-26)49-36(46)34-40-23(2)17-19-31(50-40)37(5,6)29(43)15-11-9-10-14-27(24(3)42)48-35(45)33-39(22,51-32)54-41(52-33,53-34)55-40/h9-10,22-34,42-44H,11-21H2,1-8H3/q-1. The third-order valence-corrected chi connectivity index (χ3v) is 14.2. The fourth-order valence-electron chi connectivity index (χ4n) is 9.99. The summed E-state index contributed by atoms with van der Waals surface area (Å²) in [5.74, 6) is -6.21. The number of esters is 2. The van der Waals surface area contributed by atoms with E-state index >= 15 is 0 Å². The number of ether oxygens (including phenoxy) is 5. The molecule has 6 saturated heterocycles. The zero-order valence-corrected chi connectivity index (χ0v) is 33.8. The minimum Gasteiger partial charge on any atom is -0.504 e. The van der Waals surface area contributed by atoms with Crippen molar-refractivity contribution in [1.29, 1.82) is 0 Å². The first-order valence-electron chi connectivity index (χ1n) is 20.8. The number of cyclic esters (lactones) is 1. The number of carbonyl (C=O) groups excluding carboxylic acids is 2. The molecule has 0 aromatic heterocycles. The maximum Gasteiger partial charge on any atom is 0.536 e. The molecule has 16 unspecified atom stereocenters. The van der Waals surface area contributed by atoms with Crippen LogP contribution in [0, 0.1) is 22.7 Å². The molecule has 16 atom stereocenters. The summed E-state index contributed by atoms with van der Waals surface area (Å²) in [4.78, 5) is 29.2. The molecule has 6 fully saturated rings. The fourth-order valence-corrected chi connectivity index (χ4v) is 9.99. The van der Waals surface area contributed by atoms with Crippen LogP contribution in [0.5, 0.6) is 0 Å². The lowest BCUT2D eigenvalue weighted by Gasteiger charge is -2.52. The molecule has 0 radical (unpaired) electrons. The van der Waals surface area contributed by atoms with Gasteiger partial charge in [0.2, 0.25) is 0 Å². The molecular weight excluding hydrogens is 715 g/mol. The van der Waals surface area contributed by atoms with Crippen molar-refractivity contribution in [2.24, 2.45) is 22.7 Å². The average molecular weight is 780 g/mol. The van der Waals surface area contributed by atoms with Crippen molar-refractivity contribution in [3.63, 3.8) is 0 Å². The van der Waals surface area contributed by atoms with Crippen molar-refractivity contribution >= 4 is 18.9 Å². The van der Waals surface area contributed by atoms with Crippen molar-refractivity contribution in [3.8, 4) is 0 Å². The van der Waals surface area contributed by atoms with Crippen LogP contribution < -0.4 is 0 Å². The van der Waals surface area contributed by atoms with Gasteiger partial charge in [0.1, 0.15) is 12.2 Å². The Hall–Kier alpha value is -1.66. The summed E-state index contributed by atoms with van der Waals surface area (Å²) >= 11 is 0. The van der Waals surface area contributed by atoms with Crippen LogP contribution in [0.2, 0.25) is 0 Å². The molecule has 9 bridgehead atoms. The van der Waals surface area contributed by atoms with Crippen LogP contribution in [0.4, 0.5) is 0 Å². The van der Waals surface area contributed by atoms with Crippen LogP contribution in [-0.2, 0) is 51.9 Å². The van der Waals surface area contributed by atoms with Crippen LogP contribution in [0.25, 0.3) is 0 Å². The molecule has 0 aliphatic carbocycles. The zero-order valence-electron chi connectivity index (χ0n) is 33.8. The lowest BCUT2D eigenvalue weighted by atomic mass is 9.73. The highest BCUT2D eigenvalue weighted by Crippen LogP contribution is 2.57. The van der Waals surface area contributed by atoms with Gasteiger partial charge in [-0.3, -0.25) is 0 Å². The van der Waals surface area contributed by atoms with Crippen LogP contribution in [-0.4, -0.2) is 113 Å². The van der Waals surface area contributed by atoms with E-state index in [4.69, 9.17) is 42.3 Å². The number of allylic oxidation sites excluding steroid dienone is 1. The van der Waals surface area contributed by atoms with Gasteiger partial charge in [0, 0.05) is 35.5 Å². The van der Waals surface area contributed by atoms with Crippen molar-refractivity contribution in [2.75, 3.05) is 0 Å². The molecule has 7 rings (SSSR count). The lowest BCUT2D eigenvalue weighted by molar-refractivity contribution is -0.311. The van der Waals surface area contributed by atoms with Gasteiger partial charge in [0.25, 0.3) is 0 Å². The van der Waals surface area contributed by atoms with Crippen molar-refractivity contribution in [2.45, 2.75) is 205 Å². The van der Waals surface area contributed by atoms with E-state index in [1.54, 1.807) is 6.92 Å². The van der Waals surface area contributed by atoms with Crippen molar-refractivity contribution < 1.29 is 67.2 Å². The molecule has 14 nitrogen and oxygen atoms in total. The second kappa shape index (κ2) is 15.2. The summed E-state index contributed by atoms with van der Waals surface area (Å²) in [6.45, 7) is 11.5. The first kappa shape index (κ1) is 41.5. The average Bonchev–Trinajstić information content (AvgIpc) is 3.75. The number of hydrogen-bond donors (Lipinski definition) is 3. The molecule has 312 valence electrons. The highest BCUT2D eigenvalue weighted by Gasteiger charge is 2.73. The molecule has 3 spiro atoms. The molecule has 55 heavy (non-hydrogen) atoms. The predicted octanol–water partition coefficient (Wildman–Crippen LogP) is 4.36. The summed E-state index contributed by atoms with van der Waals surface area (Å²) in [7, 11) is 0. The number of hydrogen-bond acceptors (Lipinski definition) is 14. The van der Waals surface area contributed by atoms with Gasteiger partial charge in [-0.2, -0.15) is 0 Å². The molecular formula is C40H64BO14-. The van der Waals surface area contributed by atoms with E-state index in [-0.39, 0.29) is 12.5 Å². The van der Waals surface area contributed by atoms with E-state index in [0.717, 1.165) is 0 Å². The second-order valence-electron chi connectivity index (χ2n) is 18.7. The highest BCUT2D eigenvalue weighted by atomic mass is 17.0. The summed E-state index contributed by atoms with van der Waals surface area (Å²) in [6.07, 6.45) is 0.333. The third kappa shape index (κ3) is 7.35. The van der Waals surface area contributed by atoms with Gasteiger partial charge < -0.3 is 57.6 Å². The van der Waals surface area contributed by atoms with E-state index in [2.05, 4.69) is 0 Å². The van der Waals surface area contributed by atoms with Gasteiger partial charge in [-0.25, -0.2) is 9.59 Å².